The lowest BCUT2D eigenvalue weighted by Crippen LogP contribution is -2.45. The third-order valence-electron chi connectivity index (χ3n) is 5.07. The molecule has 0 saturated heterocycles. The van der Waals surface area contributed by atoms with Crippen LogP contribution in [0.2, 0.25) is 0 Å². The summed E-state index contributed by atoms with van der Waals surface area (Å²) in [4.78, 5) is 23.9. The molecular weight excluding hydrogens is 390 g/mol. The maximum atomic E-state index is 12.8. The van der Waals surface area contributed by atoms with Crippen molar-refractivity contribution in [1.82, 2.24) is 0 Å². The number of ether oxygens (including phenoxy) is 1. The number of quaternary nitrogens is 1. The van der Waals surface area contributed by atoms with Gasteiger partial charge in [-0.1, -0.05) is 78.1 Å². The van der Waals surface area contributed by atoms with Crippen LogP contribution in [0.25, 0.3) is 0 Å². The van der Waals surface area contributed by atoms with Crippen molar-refractivity contribution < 1.29 is 23.9 Å². The first kappa shape index (κ1) is 30.4. The van der Waals surface area contributed by atoms with Crippen LogP contribution in [0.3, 0.4) is 0 Å². The van der Waals surface area contributed by atoms with E-state index in [4.69, 9.17) is 4.74 Å². The molecule has 5 nitrogen and oxygen atoms in total. The molecule has 0 aromatic carbocycles. The van der Waals surface area contributed by atoms with Gasteiger partial charge < -0.3 is 19.1 Å². The van der Waals surface area contributed by atoms with E-state index in [0.29, 0.717) is 11.0 Å². The number of halogens is 1. The number of rotatable bonds is 18. The molecule has 0 saturated carbocycles. The molecule has 0 aliphatic heterocycles. The summed E-state index contributed by atoms with van der Waals surface area (Å²) < 4.78 is 6.22. The fourth-order valence-corrected chi connectivity index (χ4v) is 3.57. The number of esters is 1. The normalized spacial score (nSPS) is 13.4. The molecule has 0 N–H and O–H groups in total. The summed E-state index contributed by atoms with van der Waals surface area (Å²) in [6.07, 6.45) is 12.5. The number of carboxylic acids is 1. The summed E-state index contributed by atoms with van der Waals surface area (Å²) in [6.45, 7) is 4.86. The largest absolute Gasteiger partial charge is 0.550 e. The van der Waals surface area contributed by atoms with Crippen molar-refractivity contribution in [2.45, 2.75) is 103 Å². The Labute approximate surface area is 185 Å². The minimum Gasteiger partial charge on any atom is -0.550 e. The molecule has 0 radical (unpaired) electrons. The fraction of sp³-hybridized carbons (Fsp3) is 0.913. The van der Waals surface area contributed by atoms with Crippen molar-refractivity contribution in [1.29, 1.82) is 0 Å². The highest BCUT2D eigenvalue weighted by Gasteiger charge is 2.26. The molecular formula is C23H46ClNO4. The minimum atomic E-state index is -1.17. The SMILES string of the molecule is CCCCCCCCC(CCCCCC)C(=O)OC(CC(=O)[O-])C[N+](C)(C)C.Cl. The molecule has 0 aromatic rings. The zero-order valence-corrected chi connectivity index (χ0v) is 20.4. The van der Waals surface area contributed by atoms with E-state index in [9.17, 15) is 14.7 Å². The highest BCUT2D eigenvalue weighted by Crippen LogP contribution is 2.21. The lowest BCUT2D eigenvalue weighted by Gasteiger charge is -2.30. The van der Waals surface area contributed by atoms with Gasteiger partial charge in [0, 0.05) is 12.4 Å². The van der Waals surface area contributed by atoms with Gasteiger partial charge >= 0.3 is 5.97 Å². The molecule has 0 aliphatic rings. The van der Waals surface area contributed by atoms with E-state index in [0.717, 1.165) is 38.5 Å². The van der Waals surface area contributed by atoms with Crippen LogP contribution in [0.4, 0.5) is 0 Å². The summed E-state index contributed by atoms with van der Waals surface area (Å²) in [6, 6.07) is 0. The molecule has 0 bridgehead atoms. The van der Waals surface area contributed by atoms with Crippen molar-refractivity contribution in [3.05, 3.63) is 0 Å². The van der Waals surface area contributed by atoms with E-state index >= 15 is 0 Å². The van der Waals surface area contributed by atoms with Gasteiger partial charge in [0.1, 0.15) is 6.54 Å². The third-order valence-corrected chi connectivity index (χ3v) is 5.07. The molecule has 174 valence electrons. The highest BCUT2D eigenvalue weighted by molar-refractivity contribution is 5.85. The number of aliphatic carboxylic acids is 1. The predicted octanol–water partition coefficient (Wildman–Crippen LogP) is 4.50. The number of carboxylic acid groups (broad SMARTS) is 1. The summed E-state index contributed by atoms with van der Waals surface area (Å²) in [7, 11) is 5.90. The summed E-state index contributed by atoms with van der Waals surface area (Å²) in [5, 5.41) is 11.1. The Morgan fingerprint density at radius 1 is 0.828 bits per heavy atom. The van der Waals surface area contributed by atoms with E-state index in [1.807, 2.05) is 21.1 Å². The molecule has 0 spiro atoms. The number of likely N-dealkylation sites (N-methyl/N-ethyl adjacent to an activating group) is 1. The molecule has 0 aromatic heterocycles. The van der Waals surface area contributed by atoms with E-state index in [-0.39, 0.29) is 30.7 Å². The summed E-state index contributed by atoms with van der Waals surface area (Å²) >= 11 is 0. The maximum absolute atomic E-state index is 12.8. The van der Waals surface area contributed by atoms with Crippen molar-refractivity contribution in [3.63, 3.8) is 0 Å². The first-order valence-electron chi connectivity index (χ1n) is 11.4. The second-order valence-corrected chi connectivity index (χ2v) is 9.21. The standard InChI is InChI=1S/C23H45NO4.ClH/c1-6-8-10-12-13-15-17-20(16-14-11-9-7-2)23(27)28-21(18-22(25)26)19-24(3,4)5;/h20-21H,6-19H2,1-5H3;1H. The zero-order valence-electron chi connectivity index (χ0n) is 19.5. The molecule has 2 atom stereocenters. The predicted molar refractivity (Wildman–Crippen MR) is 120 cm³/mol. The fourth-order valence-electron chi connectivity index (χ4n) is 3.57. The van der Waals surface area contributed by atoms with Crippen LogP contribution >= 0.6 is 12.4 Å². The van der Waals surface area contributed by atoms with Crippen LogP contribution in [0.1, 0.15) is 97.3 Å². The minimum absolute atomic E-state index is 0. The Bertz CT molecular complexity index is 424. The van der Waals surface area contributed by atoms with Crippen molar-refractivity contribution in [3.8, 4) is 0 Å². The van der Waals surface area contributed by atoms with Crippen LogP contribution in [0.15, 0.2) is 0 Å². The lowest BCUT2D eigenvalue weighted by atomic mass is 9.94. The van der Waals surface area contributed by atoms with Crippen molar-refractivity contribution in [2.75, 3.05) is 27.7 Å². The Morgan fingerprint density at radius 3 is 1.72 bits per heavy atom. The smallest absolute Gasteiger partial charge is 0.309 e. The Morgan fingerprint density at radius 2 is 1.28 bits per heavy atom. The number of carbonyl (C=O) groups is 2. The molecule has 0 amide bonds. The van der Waals surface area contributed by atoms with Gasteiger partial charge in [0.15, 0.2) is 6.10 Å². The Kier molecular flexibility index (Phi) is 18.9. The number of hydrogen-bond donors (Lipinski definition) is 0. The van der Waals surface area contributed by atoms with Crippen LogP contribution in [0.5, 0.6) is 0 Å². The molecule has 0 rings (SSSR count). The first-order chi connectivity index (χ1) is 13.2. The van der Waals surface area contributed by atoms with E-state index in [2.05, 4.69) is 13.8 Å². The molecule has 0 heterocycles. The van der Waals surface area contributed by atoms with Crippen LogP contribution in [0, 0.1) is 5.92 Å². The molecule has 0 aliphatic carbocycles. The van der Waals surface area contributed by atoms with E-state index < -0.39 is 12.1 Å². The molecule has 29 heavy (non-hydrogen) atoms. The van der Waals surface area contributed by atoms with Crippen LogP contribution in [-0.2, 0) is 14.3 Å². The number of hydrogen-bond acceptors (Lipinski definition) is 4. The van der Waals surface area contributed by atoms with Gasteiger partial charge in [0.2, 0.25) is 0 Å². The van der Waals surface area contributed by atoms with Gasteiger partial charge in [-0.05, 0) is 12.8 Å². The molecule has 0 fully saturated rings. The van der Waals surface area contributed by atoms with Crippen LogP contribution in [-0.4, -0.2) is 50.2 Å². The lowest BCUT2D eigenvalue weighted by molar-refractivity contribution is -0.873. The van der Waals surface area contributed by atoms with Gasteiger partial charge in [-0.15, -0.1) is 12.4 Å². The molecule has 6 heteroatoms. The first-order valence-corrected chi connectivity index (χ1v) is 11.4. The number of nitrogens with zero attached hydrogens (tertiary/aromatic N) is 1. The number of unbranched alkanes of at least 4 members (excludes halogenated alkanes) is 8. The highest BCUT2D eigenvalue weighted by atomic mass is 35.5. The molecule has 2 unspecified atom stereocenters. The van der Waals surface area contributed by atoms with E-state index in [1.165, 1.54) is 38.5 Å². The topological polar surface area (TPSA) is 66.4 Å². The van der Waals surface area contributed by atoms with Crippen molar-refractivity contribution in [2.24, 2.45) is 5.92 Å². The van der Waals surface area contributed by atoms with E-state index in [1.54, 1.807) is 0 Å². The van der Waals surface area contributed by atoms with Crippen LogP contribution < -0.4 is 5.11 Å². The average Bonchev–Trinajstić information content (AvgIpc) is 2.57. The van der Waals surface area contributed by atoms with Gasteiger partial charge in [0.05, 0.1) is 27.1 Å². The van der Waals surface area contributed by atoms with Gasteiger partial charge in [-0.25, -0.2) is 0 Å². The average molecular weight is 436 g/mol. The maximum Gasteiger partial charge on any atom is 0.309 e. The second kappa shape index (κ2) is 18.0. The third kappa shape index (κ3) is 18.9. The number of carbonyl (C=O) groups excluding carboxylic acids is 2. The van der Waals surface area contributed by atoms with Crippen molar-refractivity contribution >= 4 is 24.3 Å². The summed E-state index contributed by atoms with van der Waals surface area (Å²) in [5.41, 5.74) is 0. The Hall–Kier alpha value is -0.810. The second-order valence-electron chi connectivity index (χ2n) is 9.21. The Balaban J connectivity index is 0. The zero-order chi connectivity index (χ0) is 21.4. The van der Waals surface area contributed by atoms with Gasteiger partial charge in [-0.2, -0.15) is 0 Å². The quantitative estimate of drug-likeness (QED) is 0.180. The summed E-state index contributed by atoms with van der Waals surface area (Å²) in [5.74, 6) is -1.49. The van der Waals surface area contributed by atoms with Gasteiger partial charge in [0.25, 0.3) is 0 Å². The monoisotopic (exact) mass is 435 g/mol. The van der Waals surface area contributed by atoms with Gasteiger partial charge in [-0.3, -0.25) is 4.79 Å².